The first-order valence-electron chi connectivity index (χ1n) is 3.80. The highest BCUT2D eigenvalue weighted by atomic mass is 32.3. The summed E-state index contributed by atoms with van der Waals surface area (Å²) in [6.07, 6.45) is -14.5. The Bertz CT molecular complexity index is 548. The summed E-state index contributed by atoms with van der Waals surface area (Å²) in [4.78, 5) is 0. The van der Waals surface area contributed by atoms with Crippen LogP contribution in [0.4, 0.5) is 42.9 Å². The highest BCUT2D eigenvalue weighted by Gasteiger charge is 2.79. The predicted octanol–water partition coefficient (Wildman–Crippen LogP) is 1.97. The van der Waals surface area contributed by atoms with Gasteiger partial charge in [0, 0.05) is 0 Å². The van der Waals surface area contributed by atoms with Crippen LogP contribution in [0.2, 0.25) is 0 Å². The molecule has 0 spiro atoms. The van der Waals surface area contributed by atoms with Gasteiger partial charge in [-0.25, -0.2) is 0 Å². The molecule has 5 nitrogen and oxygen atoms in total. The molecule has 0 amide bonds. The quantitative estimate of drug-likeness (QED) is 0.549. The molecule has 0 N–H and O–H groups in total. The highest BCUT2D eigenvalue weighted by Crippen LogP contribution is 2.50. The molecule has 0 rings (SSSR count). The molecule has 0 aliphatic rings. The first-order valence-corrected chi connectivity index (χ1v) is 6.57. The van der Waals surface area contributed by atoms with Crippen LogP contribution in [0.5, 0.6) is 0 Å². The van der Waals surface area contributed by atoms with Gasteiger partial charge in [-0.05, 0) is 0 Å². The highest BCUT2D eigenvalue weighted by molar-refractivity contribution is 7.88. The van der Waals surface area contributed by atoms with Gasteiger partial charge in [-0.15, -0.1) is 0 Å². The Hall–Kier alpha value is -0.840. The van der Waals surface area contributed by atoms with E-state index < -0.39 is 43.2 Å². The lowest BCUT2D eigenvalue weighted by Crippen LogP contribution is -2.59. The molecule has 0 aromatic carbocycles. The average Bonchev–Trinajstić information content (AvgIpc) is 2.09. The zero-order chi connectivity index (χ0) is 17.7. The number of rotatable bonds is 4. The molecule has 0 fully saturated rings. The second kappa shape index (κ2) is 4.83. The maximum atomic E-state index is 12.9. The molecular weight excluding hydrogens is 382 g/mol. The molecule has 17 heteroatoms. The Labute approximate surface area is 108 Å². The molecule has 0 aromatic heterocycles. The number of hydrogen-bond acceptors (Lipinski definition) is 5. The van der Waals surface area contributed by atoms with E-state index in [1.54, 1.807) is 4.74 Å². The number of alkyl halides is 8. The van der Waals surface area contributed by atoms with E-state index in [4.69, 9.17) is 0 Å². The summed E-state index contributed by atoms with van der Waals surface area (Å²) in [7, 11) is -15.7. The molecular formula is C4F10O5S2. The second-order valence-electron chi connectivity index (χ2n) is 3.05. The predicted molar refractivity (Wildman–Crippen MR) is 40.9 cm³/mol. The number of halogens is 10. The van der Waals surface area contributed by atoms with E-state index in [2.05, 4.69) is 0 Å². The summed E-state index contributed by atoms with van der Waals surface area (Å²) in [6.45, 7) is 0. The summed E-state index contributed by atoms with van der Waals surface area (Å²) in [5.41, 5.74) is 0. The molecule has 0 unspecified atom stereocenters. The van der Waals surface area contributed by atoms with Gasteiger partial charge in [0.05, 0.1) is 0 Å². The van der Waals surface area contributed by atoms with Crippen LogP contribution >= 0.6 is 0 Å². The molecule has 0 saturated heterocycles. The fourth-order valence-corrected chi connectivity index (χ4v) is 1.69. The molecule has 2 atom stereocenters. The minimum absolute atomic E-state index is 1.57. The summed E-state index contributed by atoms with van der Waals surface area (Å²) in [5, 5.41) is -14.3. The van der Waals surface area contributed by atoms with Crippen molar-refractivity contribution in [2.24, 2.45) is 0 Å². The first kappa shape index (κ1) is 20.2. The van der Waals surface area contributed by atoms with Crippen LogP contribution in [0.1, 0.15) is 0 Å². The third-order valence-corrected chi connectivity index (χ3v) is 3.45. The number of hydrogen-bond donors (Lipinski definition) is 0. The standard InChI is InChI=1S/C4F10O5S2/c5-1(6,7)3(11,20(13,15)16)19-4(12,2(8,9)10)21(14,17)18/t3-,4-/m0/s1. The maximum Gasteiger partial charge on any atom is 0.467 e. The van der Waals surface area contributed by atoms with Crippen molar-refractivity contribution in [2.45, 2.75) is 22.7 Å². The lowest BCUT2D eigenvalue weighted by atomic mass is 10.6. The van der Waals surface area contributed by atoms with Crippen molar-refractivity contribution in [3.8, 4) is 0 Å². The minimum atomic E-state index is -7.86. The van der Waals surface area contributed by atoms with E-state index in [1.807, 2.05) is 0 Å². The van der Waals surface area contributed by atoms with E-state index in [-0.39, 0.29) is 0 Å². The van der Waals surface area contributed by atoms with Crippen LogP contribution in [-0.2, 0) is 25.2 Å². The Morgan fingerprint density at radius 3 is 0.857 bits per heavy atom. The van der Waals surface area contributed by atoms with Gasteiger partial charge in [-0.3, -0.25) is 4.74 Å². The Morgan fingerprint density at radius 2 is 0.762 bits per heavy atom. The topological polar surface area (TPSA) is 77.5 Å². The molecule has 0 aliphatic heterocycles. The van der Waals surface area contributed by atoms with E-state index in [0.29, 0.717) is 0 Å². The molecule has 0 aromatic rings. The summed E-state index contributed by atoms with van der Waals surface area (Å²) < 4.78 is 163. The van der Waals surface area contributed by atoms with Gasteiger partial charge in [-0.1, -0.05) is 7.77 Å². The zero-order valence-corrected chi connectivity index (χ0v) is 10.3. The molecule has 128 valence electrons. The first-order chi connectivity index (χ1) is 8.71. The third-order valence-electron chi connectivity index (χ3n) is 1.57. The third kappa shape index (κ3) is 3.33. The molecule has 0 saturated carbocycles. The lowest BCUT2D eigenvalue weighted by molar-refractivity contribution is -0.379. The molecule has 0 heterocycles. The van der Waals surface area contributed by atoms with E-state index in [9.17, 15) is 59.7 Å². The SMILES string of the molecule is O=S(=O)(F)[C@@](F)(O[C@@](F)(C(F)(F)F)S(=O)(=O)F)C(F)(F)F. The van der Waals surface area contributed by atoms with Crippen LogP contribution in [0.25, 0.3) is 0 Å². The lowest BCUT2D eigenvalue weighted by Gasteiger charge is -2.31. The Morgan fingerprint density at radius 1 is 0.571 bits per heavy atom. The maximum absolute atomic E-state index is 12.9. The van der Waals surface area contributed by atoms with Crippen molar-refractivity contribution in [2.75, 3.05) is 0 Å². The fraction of sp³-hybridized carbons (Fsp3) is 1.00. The second-order valence-corrected chi connectivity index (χ2v) is 5.85. The molecule has 21 heavy (non-hydrogen) atoms. The van der Waals surface area contributed by atoms with Gasteiger partial charge in [-0.2, -0.15) is 52.0 Å². The Balaban J connectivity index is 6.43. The van der Waals surface area contributed by atoms with Gasteiger partial charge in [0.1, 0.15) is 0 Å². The average molecular weight is 382 g/mol. The number of ether oxygens (including phenoxy) is 1. The Kier molecular flexibility index (Phi) is 4.64. The smallest absolute Gasteiger partial charge is 0.265 e. The van der Waals surface area contributed by atoms with Gasteiger partial charge >= 0.3 is 43.2 Å². The van der Waals surface area contributed by atoms with Crippen molar-refractivity contribution in [3.05, 3.63) is 0 Å². The van der Waals surface area contributed by atoms with Crippen molar-refractivity contribution in [1.82, 2.24) is 0 Å². The van der Waals surface area contributed by atoms with E-state index >= 15 is 0 Å². The van der Waals surface area contributed by atoms with Gasteiger partial charge in [0.2, 0.25) is 0 Å². The van der Waals surface area contributed by atoms with Gasteiger partial charge in [0.25, 0.3) is 0 Å². The minimum Gasteiger partial charge on any atom is -0.265 e. The monoisotopic (exact) mass is 382 g/mol. The van der Waals surface area contributed by atoms with Gasteiger partial charge < -0.3 is 0 Å². The van der Waals surface area contributed by atoms with Crippen molar-refractivity contribution < 1.29 is 64.5 Å². The normalized spacial score (nSPS) is 20.7. The van der Waals surface area contributed by atoms with Crippen LogP contribution in [-0.4, -0.2) is 39.6 Å². The molecule has 0 aliphatic carbocycles. The van der Waals surface area contributed by atoms with Crippen molar-refractivity contribution >= 4 is 20.4 Å². The molecule has 0 bridgehead atoms. The summed E-state index contributed by atoms with van der Waals surface area (Å²) in [6, 6.07) is 0. The fourth-order valence-electron chi connectivity index (χ4n) is 0.661. The van der Waals surface area contributed by atoms with Crippen LogP contribution in [0.15, 0.2) is 0 Å². The molecule has 0 radical (unpaired) electrons. The summed E-state index contributed by atoms with van der Waals surface area (Å²) >= 11 is 0. The van der Waals surface area contributed by atoms with Crippen LogP contribution < -0.4 is 0 Å². The zero-order valence-electron chi connectivity index (χ0n) is 8.64. The van der Waals surface area contributed by atoms with Gasteiger partial charge in [0.15, 0.2) is 0 Å². The summed E-state index contributed by atoms with van der Waals surface area (Å²) in [5.74, 6) is 0. The van der Waals surface area contributed by atoms with Crippen molar-refractivity contribution in [1.29, 1.82) is 0 Å². The van der Waals surface area contributed by atoms with E-state index in [0.717, 1.165) is 0 Å². The van der Waals surface area contributed by atoms with E-state index in [1.165, 1.54) is 0 Å². The largest absolute Gasteiger partial charge is 0.467 e. The van der Waals surface area contributed by atoms with Crippen molar-refractivity contribution in [3.63, 3.8) is 0 Å². The van der Waals surface area contributed by atoms with Crippen LogP contribution in [0.3, 0.4) is 0 Å². The van der Waals surface area contributed by atoms with Crippen LogP contribution in [0, 0.1) is 0 Å².